The van der Waals surface area contributed by atoms with E-state index in [-0.39, 0.29) is 18.4 Å². The summed E-state index contributed by atoms with van der Waals surface area (Å²) in [6.45, 7) is 2.66. The van der Waals surface area contributed by atoms with E-state index in [1.54, 1.807) is 35.2 Å². The molecular formula is C20H22ClN3O3. The van der Waals surface area contributed by atoms with E-state index in [0.29, 0.717) is 28.7 Å². The van der Waals surface area contributed by atoms with Crippen LogP contribution in [0.15, 0.2) is 53.1 Å². The number of hydrogen-bond donors (Lipinski definition) is 2. The summed E-state index contributed by atoms with van der Waals surface area (Å²) in [7, 11) is 0. The Kier molecular flexibility index (Phi) is 6.32. The largest absolute Gasteiger partial charge is 0.463 e. The summed E-state index contributed by atoms with van der Waals surface area (Å²) < 4.78 is 7.14. The lowest BCUT2D eigenvalue weighted by molar-refractivity contribution is 0.0946. The number of aliphatic hydroxyl groups excluding tert-OH is 1. The van der Waals surface area contributed by atoms with E-state index >= 15 is 0 Å². The van der Waals surface area contributed by atoms with Crippen LogP contribution >= 0.6 is 11.6 Å². The molecule has 2 aromatic heterocycles. The highest BCUT2D eigenvalue weighted by atomic mass is 35.5. The standard InChI is InChI=1S/C20H22ClN3O3/c1-14(13-25)5-3-9-22-20(26)17-12-18(19-8-4-10-27-19)24(23-17)16-7-2-6-15(21)11-16/h2,4,6-8,10-12,14,25H,3,5,9,13H2,1H3,(H,22,26)/t14-/m1/s1. The molecule has 0 aliphatic carbocycles. The number of carbonyl (C=O) groups excluding carboxylic acids is 1. The Morgan fingerprint density at radius 2 is 2.19 bits per heavy atom. The number of halogens is 1. The van der Waals surface area contributed by atoms with Crippen LogP contribution in [0.4, 0.5) is 0 Å². The van der Waals surface area contributed by atoms with Crippen molar-refractivity contribution in [3.63, 3.8) is 0 Å². The molecule has 0 bridgehead atoms. The molecule has 0 aliphatic heterocycles. The first-order valence-electron chi connectivity index (χ1n) is 8.87. The van der Waals surface area contributed by atoms with E-state index in [1.165, 1.54) is 0 Å². The van der Waals surface area contributed by atoms with Crippen molar-refractivity contribution < 1.29 is 14.3 Å². The minimum atomic E-state index is -0.250. The van der Waals surface area contributed by atoms with E-state index in [2.05, 4.69) is 10.4 Å². The predicted octanol–water partition coefficient (Wildman–Crippen LogP) is 3.92. The Balaban J connectivity index is 1.80. The number of furan rings is 1. The van der Waals surface area contributed by atoms with Crippen molar-refractivity contribution in [3.05, 3.63) is 59.4 Å². The first-order chi connectivity index (χ1) is 13.1. The average molecular weight is 388 g/mol. The molecule has 27 heavy (non-hydrogen) atoms. The maximum absolute atomic E-state index is 12.5. The fourth-order valence-corrected chi connectivity index (χ4v) is 2.92. The van der Waals surface area contributed by atoms with Crippen molar-refractivity contribution in [1.29, 1.82) is 0 Å². The highest BCUT2D eigenvalue weighted by Gasteiger charge is 2.18. The molecule has 0 saturated carbocycles. The second kappa shape index (κ2) is 8.88. The van der Waals surface area contributed by atoms with Crippen molar-refractivity contribution in [1.82, 2.24) is 15.1 Å². The molecule has 0 saturated heterocycles. The van der Waals surface area contributed by atoms with Crippen LogP contribution in [0.1, 0.15) is 30.3 Å². The number of aliphatic hydroxyl groups is 1. The van der Waals surface area contributed by atoms with Crippen molar-refractivity contribution in [2.45, 2.75) is 19.8 Å². The maximum Gasteiger partial charge on any atom is 0.271 e. The van der Waals surface area contributed by atoms with Gasteiger partial charge in [0.15, 0.2) is 11.5 Å². The maximum atomic E-state index is 12.5. The molecule has 7 heteroatoms. The number of rotatable bonds is 8. The summed E-state index contributed by atoms with van der Waals surface area (Å²) in [5.74, 6) is 0.591. The second-order valence-corrected chi connectivity index (χ2v) is 6.91. The van der Waals surface area contributed by atoms with Crippen molar-refractivity contribution >= 4 is 17.5 Å². The lowest BCUT2D eigenvalue weighted by atomic mass is 10.1. The van der Waals surface area contributed by atoms with E-state index in [1.807, 2.05) is 25.1 Å². The van der Waals surface area contributed by atoms with Gasteiger partial charge in [-0.05, 0) is 49.1 Å². The number of nitrogens with zero attached hydrogens (tertiary/aromatic N) is 2. The minimum absolute atomic E-state index is 0.157. The summed E-state index contributed by atoms with van der Waals surface area (Å²) >= 11 is 6.10. The molecule has 3 aromatic rings. The average Bonchev–Trinajstić information content (AvgIpc) is 3.34. The number of aromatic nitrogens is 2. The van der Waals surface area contributed by atoms with Gasteiger partial charge in [0.05, 0.1) is 12.0 Å². The molecule has 1 aromatic carbocycles. The van der Waals surface area contributed by atoms with Crippen LogP contribution in [-0.2, 0) is 0 Å². The molecule has 0 spiro atoms. The van der Waals surface area contributed by atoms with Gasteiger partial charge in [0.1, 0.15) is 5.69 Å². The smallest absolute Gasteiger partial charge is 0.271 e. The Morgan fingerprint density at radius 3 is 2.89 bits per heavy atom. The zero-order valence-corrected chi connectivity index (χ0v) is 15.8. The highest BCUT2D eigenvalue weighted by Crippen LogP contribution is 2.25. The van der Waals surface area contributed by atoms with Gasteiger partial charge in [0.2, 0.25) is 0 Å². The van der Waals surface area contributed by atoms with Gasteiger partial charge < -0.3 is 14.8 Å². The van der Waals surface area contributed by atoms with Crippen LogP contribution < -0.4 is 5.32 Å². The van der Waals surface area contributed by atoms with Crippen LogP contribution in [0.2, 0.25) is 5.02 Å². The van der Waals surface area contributed by atoms with Crippen LogP contribution in [0.5, 0.6) is 0 Å². The van der Waals surface area contributed by atoms with Crippen LogP contribution in [-0.4, -0.2) is 33.9 Å². The molecule has 142 valence electrons. The Hall–Kier alpha value is -2.57. The Morgan fingerprint density at radius 1 is 1.33 bits per heavy atom. The lowest BCUT2D eigenvalue weighted by Crippen LogP contribution is -2.25. The fraction of sp³-hybridized carbons (Fsp3) is 0.300. The van der Waals surface area contributed by atoms with Crippen molar-refractivity contribution in [2.75, 3.05) is 13.2 Å². The highest BCUT2D eigenvalue weighted by molar-refractivity contribution is 6.30. The molecule has 2 N–H and O–H groups in total. The molecular weight excluding hydrogens is 366 g/mol. The summed E-state index contributed by atoms with van der Waals surface area (Å²) in [6, 6.07) is 12.5. The van der Waals surface area contributed by atoms with Gasteiger partial charge in [0, 0.05) is 24.2 Å². The first kappa shape index (κ1) is 19.2. The number of carbonyl (C=O) groups is 1. The predicted molar refractivity (Wildman–Crippen MR) is 104 cm³/mol. The van der Waals surface area contributed by atoms with Gasteiger partial charge in [0.25, 0.3) is 5.91 Å². The van der Waals surface area contributed by atoms with Gasteiger partial charge in [-0.1, -0.05) is 24.6 Å². The molecule has 2 heterocycles. The third-order valence-corrected chi connectivity index (χ3v) is 4.47. The van der Waals surface area contributed by atoms with Gasteiger partial charge in [-0.2, -0.15) is 5.10 Å². The third kappa shape index (κ3) is 4.78. The fourth-order valence-electron chi connectivity index (χ4n) is 2.73. The van der Waals surface area contributed by atoms with Gasteiger partial charge in [-0.25, -0.2) is 4.68 Å². The molecule has 6 nitrogen and oxygen atoms in total. The van der Waals surface area contributed by atoms with Crippen LogP contribution in [0.25, 0.3) is 17.1 Å². The van der Waals surface area contributed by atoms with E-state index < -0.39 is 0 Å². The van der Waals surface area contributed by atoms with Crippen LogP contribution in [0, 0.1) is 5.92 Å². The molecule has 1 amide bonds. The molecule has 3 rings (SSSR count). The summed E-state index contributed by atoms with van der Waals surface area (Å²) in [6.07, 6.45) is 3.23. The van der Waals surface area contributed by atoms with Crippen molar-refractivity contribution in [3.8, 4) is 17.1 Å². The first-order valence-corrected chi connectivity index (χ1v) is 9.25. The quantitative estimate of drug-likeness (QED) is 0.574. The Bertz CT molecular complexity index is 890. The zero-order valence-electron chi connectivity index (χ0n) is 15.1. The normalized spacial score (nSPS) is 12.1. The third-order valence-electron chi connectivity index (χ3n) is 4.24. The molecule has 0 unspecified atom stereocenters. The Labute approximate surface area is 162 Å². The lowest BCUT2D eigenvalue weighted by Gasteiger charge is -2.07. The van der Waals surface area contributed by atoms with E-state index in [0.717, 1.165) is 18.5 Å². The van der Waals surface area contributed by atoms with Gasteiger partial charge in [-0.15, -0.1) is 0 Å². The summed E-state index contributed by atoms with van der Waals surface area (Å²) in [5, 5.41) is 17.0. The van der Waals surface area contributed by atoms with Crippen molar-refractivity contribution in [2.24, 2.45) is 5.92 Å². The zero-order chi connectivity index (χ0) is 19.2. The summed E-state index contributed by atoms with van der Waals surface area (Å²) in [5.41, 5.74) is 1.71. The SMILES string of the molecule is C[C@@H](CO)CCCNC(=O)c1cc(-c2ccco2)n(-c2cccc(Cl)c2)n1. The van der Waals surface area contributed by atoms with E-state index in [9.17, 15) is 4.79 Å². The number of amides is 1. The number of nitrogens with one attached hydrogen (secondary N) is 1. The molecule has 0 fully saturated rings. The van der Waals surface area contributed by atoms with Gasteiger partial charge in [-0.3, -0.25) is 4.79 Å². The second-order valence-electron chi connectivity index (χ2n) is 6.47. The molecule has 1 atom stereocenters. The number of hydrogen-bond acceptors (Lipinski definition) is 4. The topological polar surface area (TPSA) is 80.3 Å². The van der Waals surface area contributed by atoms with Gasteiger partial charge >= 0.3 is 0 Å². The van der Waals surface area contributed by atoms with E-state index in [4.69, 9.17) is 21.1 Å². The molecule has 0 radical (unpaired) electrons. The monoisotopic (exact) mass is 387 g/mol. The van der Waals surface area contributed by atoms with Crippen LogP contribution in [0.3, 0.4) is 0 Å². The minimum Gasteiger partial charge on any atom is -0.463 e. The number of benzene rings is 1. The molecule has 0 aliphatic rings. The summed E-state index contributed by atoms with van der Waals surface area (Å²) in [4.78, 5) is 12.5.